The molecule has 0 spiro atoms. The molecule has 0 atom stereocenters. The van der Waals surface area contributed by atoms with Crippen LogP contribution in [0, 0.1) is 11.6 Å². The number of aromatic nitrogens is 4. The maximum atomic E-state index is 13.7. The van der Waals surface area contributed by atoms with E-state index in [-0.39, 0.29) is 12.1 Å². The van der Waals surface area contributed by atoms with Gasteiger partial charge in [-0.2, -0.15) is 4.98 Å². The van der Waals surface area contributed by atoms with Crippen molar-refractivity contribution in [2.24, 2.45) is 0 Å². The molecule has 3 aromatic rings. The van der Waals surface area contributed by atoms with Crippen molar-refractivity contribution < 1.29 is 8.78 Å². The Morgan fingerprint density at radius 1 is 1.20 bits per heavy atom. The first-order valence-electron chi connectivity index (χ1n) is 5.97. The highest BCUT2D eigenvalue weighted by atomic mass is 19.1. The molecule has 0 aliphatic rings. The van der Waals surface area contributed by atoms with E-state index in [0.29, 0.717) is 17.1 Å². The maximum absolute atomic E-state index is 13.7. The highest BCUT2D eigenvalue weighted by Crippen LogP contribution is 2.17. The zero-order chi connectivity index (χ0) is 14.1. The summed E-state index contributed by atoms with van der Waals surface area (Å²) in [5, 5.41) is 2.81. The molecule has 2 aromatic heterocycles. The van der Waals surface area contributed by atoms with Gasteiger partial charge in [-0.15, -0.1) is 0 Å². The lowest BCUT2D eigenvalue weighted by Crippen LogP contribution is -2.05. The lowest BCUT2D eigenvalue weighted by molar-refractivity contribution is 0.546. The summed E-state index contributed by atoms with van der Waals surface area (Å²) in [7, 11) is 1.69. The average molecular weight is 275 g/mol. The molecule has 0 saturated heterocycles. The van der Waals surface area contributed by atoms with Crippen LogP contribution in [0.5, 0.6) is 0 Å². The number of fused-ring (bicyclic) bond motifs is 1. The number of halogens is 2. The van der Waals surface area contributed by atoms with Crippen LogP contribution in [-0.4, -0.2) is 26.6 Å². The molecule has 7 heteroatoms. The first kappa shape index (κ1) is 12.5. The topological polar surface area (TPSA) is 55.6 Å². The zero-order valence-electron chi connectivity index (χ0n) is 10.6. The van der Waals surface area contributed by atoms with E-state index in [9.17, 15) is 8.78 Å². The van der Waals surface area contributed by atoms with Gasteiger partial charge in [0, 0.05) is 12.6 Å². The van der Waals surface area contributed by atoms with Gasteiger partial charge in [0.15, 0.2) is 5.65 Å². The Kier molecular flexibility index (Phi) is 3.02. The van der Waals surface area contributed by atoms with E-state index >= 15 is 0 Å². The maximum Gasteiger partial charge on any atom is 0.224 e. The summed E-state index contributed by atoms with van der Waals surface area (Å²) in [6.45, 7) is 0.0230. The van der Waals surface area contributed by atoms with E-state index in [1.165, 1.54) is 24.5 Å². The third-order valence-electron chi connectivity index (χ3n) is 2.97. The Hall–Kier alpha value is -2.57. The van der Waals surface area contributed by atoms with Gasteiger partial charge in [-0.05, 0) is 12.1 Å². The molecule has 102 valence electrons. The van der Waals surface area contributed by atoms with Crippen molar-refractivity contribution in [1.29, 1.82) is 0 Å². The predicted molar refractivity (Wildman–Crippen MR) is 70.3 cm³/mol. The second kappa shape index (κ2) is 4.84. The molecular weight excluding hydrogens is 264 g/mol. The van der Waals surface area contributed by atoms with Gasteiger partial charge in [0.05, 0.1) is 19.1 Å². The van der Waals surface area contributed by atoms with E-state index in [1.54, 1.807) is 17.8 Å². The van der Waals surface area contributed by atoms with Crippen LogP contribution in [0.25, 0.3) is 11.2 Å². The molecule has 0 fully saturated rings. The quantitative estimate of drug-likeness (QED) is 0.796. The molecule has 0 unspecified atom stereocenters. The third kappa shape index (κ3) is 2.07. The van der Waals surface area contributed by atoms with Gasteiger partial charge in [-0.1, -0.05) is 6.07 Å². The Balaban J connectivity index is 2.06. The molecule has 1 N–H and O–H groups in total. The van der Waals surface area contributed by atoms with Gasteiger partial charge in [-0.25, -0.2) is 18.7 Å². The number of hydrogen-bond acceptors (Lipinski definition) is 4. The highest BCUT2D eigenvalue weighted by molar-refractivity contribution is 5.70. The molecular formula is C13H11F2N5. The summed E-state index contributed by atoms with van der Waals surface area (Å²) in [4.78, 5) is 12.4. The van der Waals surface area contributed by atoms with E-state index in [4.69, 9.17) is 0 Å². The lowest BCUT2D eigenvalue weighted by Gasteiger charge is -2.07. The van der Waals surface area contributed by atoms with Gasteiger partial charge >= 0.3 is 0 Å². The minimum absolute atomic E-state index is 0.0172. The van der Waals surface area contributed by atoms with Gasteiger partial charge in [0.1, 0.15) is 17.2 Å². The van der Waals surface area contributed by atoms with E-state index < -0.39 is 11.6 Å². The second-order valence-electron chi connectivity index (χ2n) is 4.23. The summed E-state index contributed by atoms with van der Waals surface area (Å²) in [5.74, 6) is -0.752. The number of benzene rings is 1. The summed E-state index contributed by atoms with van der Waals surface area (Å²) in [5.41, 5.74) is 1.07. The molecule has 5 nitrogen and oxygen atoms in total. The van der Waals surface area contributed by atoms with Crippen LogP contribution in [0.4, 0.5) is 14.7 Å². The molecule has 0 bridgehead atoms. The molecule has 0 radical (unpaired) electrons. The zero-order valence-corrected chi connectivity index (χ0v) is 10.6. The van der Waals surface area contributed by atoms with Crippen molar-refractivity contribution in [1.82, 2.24) is 19.5 Å². The van der Waals surface area contributed by atoms with E-state index in [1.807, 2.05) is 0 Å². The minimum atomic E-state index is -0.588. The predicted octanol–water partition coefficient (Wildman–Crippen LogP) is 2.19. The number of nitrogens with one attached hydrogen (secondary N) is 1. The van der Waals surface area contributed by atoms with Crippen molar-refractivity contribution in [3.63, 3.8) is 0 Å². The summed E-state index contributed by atoms with van der Waals surface area (Å²) in [6.07, 6.45) is 3.05. The number of hydrogen-bond donors (Lipinski definition) is 1. The Bertz CT molecular complexity index is 748. The lowest BCUT2D eigenvalue weighted by atomic mass is 10.2. The number of rotatable bonds is 3. The van der Waals surface area contributed by atoms with Crippen LogP contribution in [0.1, 0.15) is 5.56 Å². The number of nitrogens with zero attached hydrogens (tertiary/aromatic N) is 4. The molecule has 0 saturated carbocycles. The highest BCUT2D eigenvalue weighted by Gasteiger charge is 2.12. The number of anilines is 1. The summed E-state index contributed by atoms with van der Waals surface area (Å²) >= 11 is 0. The molecule has 0 aliphatic heterocycles. The minimum Gasteiger partial charge on any atom is -0.357 e. The fourth-order valence-electron chi connectivity index (χ4n) is 1.95. The largest absolute Gasteiger partial charge is 0.357 e. The summed E-state index contributed by atoms with van der Waals surface area (Å²) in [6, 6.07) is 3.79. The van der Waals surface area contributed by atoms with Crippen LogP contribution >= 0.6 is 0 Å². The number of imidazole rings is 1. The van der Waals surface area contributed by atoms with Crippen LogP contribution in [0.2, 0.25) is 0 Å². The normalized spacial score (nSPS) is 10.9. The SMILES string of the molecule is CNc1ncc2ncn(Cc3c(F)cccc3F)c2n1. The summed E-state index contributed by atoms with van der Waals surface area (Å²) < 4.78 is 28.9. The van der Waals surface area contributed by atoms with Crippen molar-refractivity contribution in [3.8, 4) is 0 Å². The molecule has 3 rings (SSSR count). The van der Waals surface area contributed by atoms with Crippen LogP contribution in [-0.2, 0) is 6.54 Å². The van der Waals surface area contributed by atoms with Crippen molar-refractivity contribution >= 4 is 17.1 Å². The van der Waals surface area contributed by atoms with Gasteiger partial charge in [-0.3, -0.25) is 0 Å². The van der Waals surface area contributed by atoms with Gasteiger partial charge < -0.3 is 9.88 Å². The van der Waals surface area contributed by atoms with Crippen molar-refractivity contribution in [2.75, 3.05) is 12.4 Å². The fraction of sp³-hybridized carbons (Fsp3) is 0.154. The standard InChI is InChI=1S/C13H11F2N5/c1-16-13-17-5-11-12(19-13)20(7-18-11)6-8-9(14)3-2-4-10(8)15/h2-5,7H,6H2,1H3,(H,16,17,19). The van der Waals surface area contributed by atoms with Gasteiger partial charge in [0.25, 0.3) is 0 Å². The Labute approximate surface area is 113 Å². The monoisotopic (exact) mass is 275 g/mol. The van der Waals surface area contributed by atoms with E-state index in [2.05, 4.69) is 20.3 Å². The Morgan fingerprint density at radius 2 is 1.95 bits per heavy atom. The average Bonchev–Trinajstić information content (AvgIpc) is 2.85. The molecule has 1 aromatic carbocycles. The molecule has 0 aliphatic carbocycles. The first-order valence-corrected chi connectivity index (χ1v) is 5.97. The molecule has 0 amide bonds. The smallest absolute Gasteiger partial charge is 0.224 e. The first-order chi connectivity index (χ1) is 9.69. The fourth-order valence-corrected chi connectivity index (χ4v) is 1.95. The van der Waals surface area contributed by atoms with Crippen molar-refractivity contribution in [2.45, 2.75) is 6.54 Å². The van der Waals surface area contributed by atoms with Crippen LogP contribution in [0.15, 0.2) is 30.7 Å². The van der Waals surface area contributed by atoms with Crippen LogP contribution in [0.3, 0.4) is 0 Å². The van der Waals surface area contributed by atoms with Crippen molar-refractivity contribution in [3.05, 3.63) is 47.9 Å². The van der Waals surface area contributed by atoms with E-state index in [0.717, 1.165) is 0 Å². The Morgan fingerprint density at radius 3 is 2.65 bits per heavy atom. The van der Waals surface area contributed by atoms with Crippen LogP contribution < -0.4 is 5.32 Å². The third-order valence-corrected chi connectivity index (χ3v) is 2.97. The molecule has 20 heavy (non-hydrogen) atoms. The molecule has 2 heterocycles. The second-order valence-corrected chi connectivity index (χ2v) is 4.23. The van der Waals surface area contributed by atoms with Gasteiger partial charge in [0.2, 0.25) is 5.95 Å².